The van der Waals surface area contributed by atoms with Crippen LogP contribution in [0.25, 0.3) is 0 Å². The van der Waals surface area contributed by atoms with Gasteiger partial charge in [-0.1, -0.05) is 83.1 Å². The van der Waals surface area contributed by atoms with Crippen LogP contribution in [-0.2, 0) is 4.79 Å². The molecule has 0 aliphatic heterocycles. The SMILES string of the molecule is CCCCCCCCCCCC([SiH3])CC(CCCC(=O)O)CC(O)CO. The summed E-state index contributed by atoms with van der Waals surface area (Å²) in [6.07, 6.45) is 16.2. The fourth-order valence-corrected chi connectivity index (χ4v) is 4.90. The number of unbranched alkanes of at least 4 members (excludes halogenated alkanes) is 8. The minimum absolute atomic E-state index is 0.195. The van der Waals surface area contributed by atoms with Crippen molar-refractivity contribution in [1.82, 2.24) is 0 Å². The van der Waals surface area contributed by atoms with Crippen molar-refractivity contribution < 1.29 is 20.1 Å². The van der Waals surface area contributed by atoms with E-state index in [1.54, 1.807) is 0 Å². The summed E-state index contributed by atoms with van der Waals surface area (Å²) in [6.45, 7) is 2.06. The molecule has 0 aliphatic rings. The predicted molar refractivity (Wildman–Crippen MR) is 113 cm³/mol. The highest BCUT2D eigenvalue weighted by molar-refractivity contribution is 6.11. The fraction of sp³-hybridized carbons (Fsp3) is 0.952. The largest absolute Gasteiger partial charge is 0.481 e. The smallest absolute Gasteiger partial charge is 0.303 e. The molecular formula is C21H44O4Si. The van der Waals surface area contributed by atoms with E-state index in [1.807, 2.05) is 0 Å². The Labute approximate surface area is 164 Å². The number of carbonyl (C=O) groups is 1. The summed E-state index contributed by atoms with van der Waals surface area (Å²) in [5.74, 6) is -0.402. The van der Waals surface area contributed by atoms with Crippen LogP contribution in [0.2, 0.25) is 5.54 Å². The molecule has 156 valence electrons. The number of aliphatic hydroxyl groups excluding tert-OH is 2. The van der Waals surface area contributed by atoms with Crippen molar-refractivity contribution in [3.63, 3.8) is 0 Å². The summed E-state index contributed by atoms with van der Waals surface area (Å²) in [4.78, 5) is 10.7. The number of carboxylic acid groups (broad SMARTS) is 1. The first-order chi connectivity index (χ1) is 12.5. The van der Waals surface area contributed by atoms with Gasteiger partial charge in [0.05, 0.1) is 12.7 Å². The third kappa shape index (κ3) is 17.0. The number of aliphatic hydroxyl groups is 2. The normalized spacial score (nSPS) is 15.0. The first-order valence-electron chi connectivity index (χ1n) is 11.0. The van der Waals surface area contributed by atoms with Gasteiger partial charge in [0.2, 0.25) is 0 Å². The molecule has 3 N–H and O–H groups in total. The predicted octanol–water partition coefficient (Wildman–Crippen LogP) is 4.07. The van der Waals surface area contributed by atoms with E-state index >= 15 is 0 Å². The zero-order chi connectivity index (χ0) is 19.6. The number of hydrogen-bond donors (Lipinski definition) is 3. The lowest BCUT2D eigenvalue weighted by Gasteiger charge is -2.23. The molecule has 0 amide bonds. The molecule has 0 radical (unpaired) electrons. The molecule has 3 unspecified atom stereocenters. The third-order valence-corrected chi connectivity index (χ3v) is 6.40. The second-order valence-corrected chi connectivity index (χ2v) is 9.82. The second kappa shape index (κ2) is 18.0. The third-order valence-electron chi connectivity index (χ3n) is 5.36. The van der Waals surface area contributed by atoms with E-state index in [4.69, 9.17) is 10.2 Å². The highest BCUT2D eigenvalue weighted by Gasteiger charge is 2.17. The maximum Gasteiger partial charge on any atom is 0.303 e. The molecule has 0 aromatic rings. The molecule has 5 heteroatoms. The van der Waals surface area contributed by atoms with Gasteiger partial charge >= 0.3 is 5.97 Å². The molecule has 0 saturated heterocycles. The first-order valence-corrected chi connectivity index (χ1v) is 12.2. The summed E-state index contributed by atoms with van der Waals surface area (Å²) in [5, 5.41) is 27.6. The fourth-order valence-electron chi connectivity index (χ4n) is 3.82. The van der Waals surface area contributed by atoms with Gasteiger partial charge in [-0.2, -0.15) is 0 Å². The molecule has 0 aromatic carbocycles. The van der Waals surface area contributed by atoms with E-state index in [-0.39, 0.29) is 13.0 Å². The molecule has 0 heterocycles. The van der Waals surface area contributed by atoms with E-state index in [0.29, 0.717) is 18.8 Å². The molecule has 3 atom stereocenters. The van der Waals surface area contributed by atoms with Gasteiger partial charge in [0.25, 0.3) is 0 Å². The van der Waals surface area contributed by atoms with Crippen LogP contribution >= 0.6 is 0 Å². The Balaban J connectivity index is 3.85. The molecule has 4 nitrogen and oxygen atoms in total. The van der Waals surface area contributed by atoms with Gasteiger partial charge in [0.1, 0.15) is 0 Å². The Kier molecular flexibility index (Phi) is 17.7. The molecule has 0 fully saturated rings. The summed E-state index contributed by atoms with van der Waals surface area (Å²) < 4.78 is 0. The van der Waals surface area contributed by atoms with Crippen molar-refractivity contribution in [1.29, 1.82) is 0 Å². The summed E-state index contributed by atoms with van der Waals surface area (Å²) in [7, 11) is 1.15. The van der Waals surface area contributed by atoms with Crippen LogP contribution in [0, 0.1) is 5.92 Å². The van der Waals surface area contributed by atoms with Gasteiger partial charge in [-0.15, -0.1) is 0 Å². The Morgan fingerprint density at radius 2 is 1.46 bits per heavy atom. The second-order valence-electron chi connectivity index (χ2n) is 8.18. The Hall–Kier alpha value is -0.393. The van der Waals surface area contributed by atoms with Gasteiger partial charge in [0.15, 0.2) is 0 Å². The lowest BCUT2D eigenvalue weighted by molar-refractivity contribution is -0.137. The Bertz CT molecular complexity index is 325. The van der Waals surface area contributed by atoms with Crippen LogP contribution in [0.5, 0.6) is 0 Å². The highest BCUT2D eigenvalue weighted by Crippen LogP contribution is 2.28. The Morgan fingerprint density at radius 1 is 0.885 bits per heavy atom. The highest BCUT2D eigenvalue weighted by atomic mass is 28.1. The van der Waals surface area contributed by atoms with Crippen LogP contribution < -0.4 is 0 Å². The van der Waals surface area contributed by atoms with E-state index in [2.05, 4.69) is 6.92 Å². The van der Waals surface area contributed by atoms with Crippen LogP contribution in [0.3, 0.4) is 0 Å². The maximum absolute atomic E-state index is 10.7. The molecular weight excluding hydrogens is 344 g/mol. The van der Waals surface area contributed by atoms with Gasteiger partial charge in [-0.3, -0.25) is 4.79 Å². The quantitative estimate of drug-likeness (QED) is 0.230. The molecule has 0 aliphatic carbocycles. The molecule has 0 rings (SSSR count). The molecule has 0 spiro atoms. The first kappa shape index (κ1) is 25.6. The molecule has 26 heavy (non-hydrogen) atoms. The number of hydrogen-bond acceptors (Lipinski definition) is 3. The average Bonchev–Trinajstić information content (AvgIpc) is 2.59. The zero-order valence-corrected chi connectivity index (χ0v) is 19.3. The minimum Gasteiger partial charge on any atom is -0.481 e. The topological polar surface area (TPSA) is 77.8 Å². The van der Waals surface area contributed by atoms with Gasteiger partial charge in [-0.05, 0) is 25.2 Å². The summed E-state index contributed by atoms with van der Waals surface area (Å²) >= 11 is 0. The van der Waals surface area contributed by atoms with E-state index in [9.17, 15) is 9.90 Å². The molecule has 0 saturated carbocycles. The van der Waals surface area contributed by atoms with E-state index in [1.165, 1.54) is 64.2 Å². The molecule has 0 aromatic heterocycles. The van der Waals surface area contributed by atoms with Gasteiger partial charge in [0, 0.05) is 16.7 Å². The van der Waals surface area contributed by atoms with Crippen molar-refractivity contribution in [2.45, 2.75) is 115 Å². The van der Waals surface area contributed by atoms with Crippen molar-refractivity contribution >= 4 is 16.2 Å². The standard InChI is InChI=1S/C21H44O4Si/c1-2-3-4-5-6-7-8-9-10-13-20(26)16-18(15-19(23)17-22)12-11-14-21(24)25/h18-20,22-23H,2-17H2,1,26H3,(H,24,25). The van der Waals surface area contributed by atoms with E-state index in [0.717, 1.165) is 28.6 Å². The summed E-state index contributed by atoms with van der Waals surface area (Å²) in [6, 6.07) is 0. The maximum atomic E-state index is 10.7. The number of aliphatic carboxylic acids is 1. The monoisotopic (exact) mass is 388 g/mol. The van der Waals surface area contributed by atoms with Crippen molar-refractivity contribution in [2.24, 2.45) is 5.92 Å². The number of carboxylic acids is 1. The van der Waals surface area contributed by atoms with Crippen LogP contribution in [0.15, 0.2) is 0 Å². The molecule has 0 bridgehead atoms. The van der Waals surface area contributed by atoms with Gasteiger partial charge < -0.3 is 15.3 Å². The van der Waals surface area contributed by atoms with Crippen molar-refractivity contribution in [3.05, 3.63) is 0 Å². The zero-order valence-electron chi connectivity index (χ0n) is 17.3. The van der Waals surface area contributed by atoms with Crippen molar-refractivity contribution in [3.8, 4) is 0 Å². The van der Waals surface area contributed by atoms with Crippen molar-refractivity contribution in [2.75, 3.05) is 6.61 Å². The Morgan fingerprint density at radius 3 is 2.00 bits per heavy atom. The van der Waals surface area contributed by atoms with Gasteiger partial charge in [-0.25, -0.2) is 0 Å². The van der Waals surface area contributed by atoms with Crippen LogP contribution in [0.1, 0.15) is 103 Å². The average molecular weight is 389 g/mol. The number of rotatable bonds is 19. The lowest BCUT2D eigenvalue weighted by Crippen LogP contribution is -2.19. The van der Waals surface area contributed by atoms with Crippen LogP contribution in [0.4, 0.5) is 0 Å². The summed E-state index contributed by atoms with van der Waals surface area (Å²) in [5.41, 5.74) is 0.736. The van der Waals surface area contributed by atoms with Crippen LogP contribution in [-0.4, -0.2) is 44.2 Å². The van der Waals surface area contributed by atoms with E-state index < -0.39 is 12.1 Å². The minimum atomic E-state index is -0.747. The lowest BCUT2D eigenvalue weighted by atomic mass is 9.89.